The van der Waals surface area contributed by atoms with Crippen molar-refractivity contribution >= 4 is 38.3 Å². The lowest BCUT2D eigenvalue weighted by molar-refractivity contribution is 0.178. The number of hydrogen-bond acceptors (Lipinski definition) is 3. The van der Waals surface area contributed by atoms with Crippen molar-refractivity contribution in [2.75, 3.05) is 0 Å². The Bertz CT molecular complexity index is 758. The number of aliphatic hydroxyl groups excluding tert-OH is 1. The molecular weight excluding hydrogens is 348 g/mol. The zero-order valence-corrected chi connectivity index (χ0v) is 14.4. The number of para-hydroxylation sites is 2. The predicted molar refractivity (Wildman–Crippen MR) is 90.8 cm³/mol. The summed E-state index contributed by atoms with van der Waals surface area (Å²) in [6.45, 7) is 5.01. The summed E-state index contributed by atoms with van der Waals surface area (Å²) >= 11 is 5.13. The summed E-state index contributed by atoms with van der Waals surface area (Å²) < 4.78 is 3.24. The molecule has 0 saturated carbocycles. The molecule has 110 valence electrons. The Morgan fingerprint density at radius 1 is 1.38 bits per heavy atom. The SMILES string of the molecule is CCn1c(CC(O)c2cc(Br)c(C)s2)nc2ccccc21. The molecule has 0 aliphatic rings. The topological polar surface area (TPSA) is 38.0 Å². The number of aryl methyl sites for hydroxylation is 2. The molecule has 2 aromatic heterocycles. The highest BCUT2D eigenvalue weighted by Gasteiger charge is 2.17. The van der Waals surface area contributed by atoms with Crippen LogP contribution in [0.25, 0.3) is 11.0 Å². The second kappa shape index (κ2) is 5.91. The van der Waals surface area contributed by atoms with Gasteiger partial charge in [-0.3, -0.25) is 0 Å². The molecular formula is C16H17BrN2OS. The first-order valence-electron chi connectivity index (χ1n) is 6.98. The fourth-order valence-electron chi connectivity index (χ4n) is 2.55. The number of benzene rings is 1. The van der Waals surface area contributed by atoms with E-state index in [1.54, 1.807) is 11.3 Å². The lowest BCUT2D eigenvalue weighted by Crippen LogP contribution is -2.07. The summed E-state index contributed by atoms with van der Waals surface area (Å²) in [6.07, 6.45) is 0.0247. The molecule has 1 atom stereocenters. The van der Waals surface area contributed by atoms with Crippen LogP contribution in [0.5, 0.6) is 0 Å². The van der Waals surface area contributed by atoms with Crippen molar-refractivity contribution in [2.45, 2.75) is 32.9 Å². The molecule has 0 radical (unpaired) electrons. The monoisotopic (exact) mass is 364 g/mol. The molecule has 0 aliphatic heterocycles. The number of rotatable bonds is 4. The highest BCUT2D eigenvalue weighted by molar-refractivity contribution is 9.10. The van der Waals surface area contributed by atoms with Gasteiger partial charge in [-0.05, 0) is 48.0 Å². The van der Waals surface area contributed by atoms with Crippen LogP contribution in [0, 0.1) is 6.92 Å². The Kier molecular flexibility index (Phi) is 4.15. The smallest absolute Gasteiger partial charge is 0.112 e. The zero-order chi connectivity index (χ0) is 15.0. The molecule has 1 aromatic carbocycles. The van der Waals surface area contributed by atoms with E-state index in [4.69, 9.17) is 0 Å². The lowest BCUT2D eigenvalue weighted by Gasteiger charge is -2.10. The Morgan fingerprint density at radius 2 is 2.14 bits per heavy atom. The quantitative estimate of drug-likeness (QED) is 0.741. The van der Waals surface area contributed by atoms with E-state index in [-0.39, 0.29) is 0 Å². The molecule has 3 nitrogen and oxygen atoms in total. The van der Waals surface area contributed by atoms with Crippen LogP contribution in [0.3, 0.4) is 0 Å². The molecule has 5 heteroatoms. The first-order valence-corrected chi connectivity index (χ1v) is 8.59. The average molecular weight is 365 g/mol. The fourth-order valence-corrected chi connectivity index (χ4v) is 4.10. The van der Waals surface area contributed by atoms with Crippen LogP contribution in [0.1, 0.15) is 28.6 Å². The normalized spacial score (nSPS) is 13.0. The van der Waals surface area contributed by atoms with E-state index in [0.717, 1.165) is 32.8 Å². The van der Waals surface area contributed by atoms with E-state index in [1.165, 1.54) is 4.88 Å². The summed E-state index contributed by atoms with van der Waals surface area (Å²) in [5.74, 6) is 0.938. The Balaban J connectivity index is 1.93. The fraction of sp³-hybridized carbons (Fsp3) is 0.312. The summed E-state index contributed by atoms with van der Waals surface area (Å²) in [4.78, 5) is 6.84. The van der Waals surface area contributed by atoms with Crippen LogP contribution in [-0.4, -0.2) is 14.7 Å². The van der Waals surface area contributed by atoms with Gasteiger partial charge in [0, 0.05) is 27.2 Å². The van der Waals surface area contributed by atoms with Gasteiger partial charge in [0.25, 0.3) is 0 Å². The summed E-state index contributed by atoms with van der Waals surface area (Å²) in [7, 11) is 0. The number of thiophene rings is 1. The van der Waals surface area contributed by atoms with Crippen LogP contribution in [0.2, 0.25) is 0 Å². The first kappa shape index (κ1) is 14.8. The summed E-state index contributed by atoms with van der Waals surface area (Å²) in [6, 6.07) is 10.1. The molecule has 0 aliphatic carbocycles. The molecule has 0 bridgehead atoms. The molecule has 2 heterocycles. The Labute approximate surface area is 136 Å². The molecule has 0 fully saturated rings. The second-order valence-electron chi connectivity index (χ2n) is 5.03. The third-order valence-electron chi connectivity index (χ3n) is 3.63. The van der Waals surface area contributed by atoms with Crippen molar-refractivity contribution in [1.82, 2.24) is 9.55 Å². The predicted octanol–water partition coefficient (Wildman–Crippen LogP) is 4.46. The van der Waals surface area contributed by atoms with Crippen molar-refractivity contribution in [3.63, 3.8) is 0 Å². The van der Waals surface area contributed by atoms with Crippen molar-refractivity contribution in [3.05, 3.63) is 50.4 Å². The molecule has 3 aromatic rings. The third-order valence-corrected chi connectivity index (χ3v) is 5.87. The molecule has 0 amide bonds. The summed E-state index contributed by atoms with van der Waals surface area (Å²) in [5.41, 5.74) is 2.12. The van der Waals surface area contributed by atoms with E-state index in [2.05, 4.69) is 38.5 Å². The average Bonchev–Trinajstić information content (AvgIpc) is 2.99. The van der Waals surface area contributed by atoms with Gasteiger partial charge in [-0.25, -0.2) is 4.98 Å². The van der Waals surface area contributed by atoms with Crippen molar-refractivity contribution < 1.29 is 5.11 Å². The van der Waals surface area contributed by atoms with Gasteiger partial charge in [0.1, 0.15) is 5.82 Å². The van der Waals surface area contributed by atoms with Crippen LogP contribution in [-0.2, 0) is 13.0 Å². The van der Waals surface area contributed by atoms with Gasteiger partial charge in [0.15, 0.2) is 0 Å². The zero-order valence-electron chi connectivity index (χ0n) is 12.0. The van der Waals surface area contributed by atoms with Gasteiger partial charge >= 0.3 is 0 Å². The van der Waals surface area contributed by atoms with Crippen LogP contribution < -0.4 is 0 Å². The van der Waals surface area contributed by atoms with Gasteiger partial charge in [0.2, 0.25) is 0 Å². The number of nitrogens with zero attached hydrogens (tertiary/aromatic N) is 2. The van der Waals surface area contributed by atoms with Crippen LogP contribution >= 0.6 is 27.3 Å². The number of fused-ring (bicyclic) bond motifs is 1. The summed E-state index contributed by atoms with van der Waals surface area (Å²) in [5, 5.41) is 10.5. The van der Waals surface area contributed by atoms with E-state index in [0.29, 0.717) is 6.42 Å². The van der Waals surface area contributed by atoms with Crippen molar-refractivity contribution in [3.8, 4) is 0 Å². The minimum absolute atomic E-state index is 0.512. The number of imidazole rings is 1. The van der Waals surface area contributed by atoms with E-state index in [1.807, 2.05) is 31.2 Å². The van der Waals surface area contributed by atoms with Gasteiger partial charge in [-0.15, -0.1) is 11.3 Å². The number of aliphatic hydroxyl groups is 1. The second-order valence-corrected chi connectivity index (χ2v) is 7.18. The molecule has 0 saturated heterocycles. The number of halogens is 1. The van der Waals surface area contributed by atoms with Gasteiger partial charge < -0.3 is 9.67 Å². The standard InChI is InChI=1S/C16H17BrN2OS/c1-3-19-13-7-5-4-6-12(13)18-16(19)9-14(20)15-8-11(17)10(2)21-15/h4-8,14,20H,3,9H2,1-2H3. The highest BCUT2D eigenvalue weighted by atomic mass is 79.9. The van der Waals surface area contributed by atoms with Crippen molar-refractivity contribution in [2.24, 2.45) is 0 Å². The maximum absolute atomic E-state index is 10.5. The molecule has 21 heavy (non-hydrogen) atoms. The minimum atomic E-state index is -0.512. The molecule has 3 rings (SSSR count). The number of aromatic nitrogens is 2. The minimum Gasteiger partial charge on any atom is -0.387 e. The van der Waals surface area contributed by atoms with E-state index >= 15 is 0 Å². The first-order chi connectivity index (χ1) is 10.1. The largest absolute Gasteiger partial charge is 0.387 e. The molecule has 0 spiro atoms. The maximum Gasteiger partial charge on any atom is 0.112 e. The van der Waals surface area contributed by atoms with E-state index < -0.39 is 6.10 Å². The highest BCUT2D eigenvalue weighted by Crippen LogP contribution is 2.32. The Hall–Kier alpha value is -1.17. The van der Waals surface area contributed by atoms with Crippen LogP contribution in [0.4, 0.5) is 0 Å². The Morgan fingerprint density at radius 3 is 2.81 bits per heavy atom. The van der Waals surface area contributed by atoms with Gasteiger partial charge in [-0.2, -0.15) is 0 Å². The maximum atomic E-state index is 10.5. The number of hydrogen-bond donors (Lipinski definition) is 1. The lowest BCUT2D eigenvalue weighted by atomic mass is 10.2. The van der Waals surface area contributed by atoms with Gasteiger partial charge in [-0.1, -0.05) is 12.1 Å². The van der Waals surface area contributed by atoms with Crippen LogP contribution in [0.15, 0.2) is 34.8 Å². The molecule has 1 N–H and O–H groups in total. The molecule has 1 unspecified atom stereocenters. The third kappa shape index (κ3) is 2.78. The van der Waals surface area contributed by atoms with Crippen molar-refractivity contribution in [1.29, 1.82) is 0 Å². The van der Waals surface area contributed by atoms with Gasteiger partial charge in [0.05, 0.1) is 17.1 Å². The van der Waals surface area contributed by atoms with E-state index in [9.17, 15) is 5.11 Å².